The molecule has 0 saturated heterocycles. The first-order chi connectivity index (χ1) is 13.9. The molecule has 1 unspecified atom stereocenters. The van der Waals surface area contributed by atoms with E-state index < -0.39 is 12.2 Å². The number of carbonyl (C=O) groups is 2. The van der Waals surface area contributed by atoms with Crippen molar-refractivity contribution < 1.29 is 24.5 Å². The number of unbranched alkanes of at least 4 members (excludes halogenated alkanes) is 1. The van der Waals surface area contributed by atoms with E-state index in [-0.39, 0.29) is 35.4 Å². The molecule has 162 valence electrons. The van der Waals surface area contributed by atoms with E-state index in [1.54, 1.807) is 0 Å². The lowest BCUT2D eigenvalue weighted by atomic mass is 9.62. The van der Waals surface area contributed by atoms with Crippen LogP contribution in [0.4, 0.5) is 0 Å². The van der Waals surface area contributed by atoms with Gasteiger partial charge in [0.05, 0.1) is 19.3 Å². The quantitative estimate of drug-likeness (QED) is 0.293. The summed E-state index contributed by atoms with van der Waals surface area (Å²) in [7, 11) is 1.38. The van der Waals surface area contributed by atoms with Crippen molar-refractivity contribution in [1.29, 1.82) is 0 Å². The van der Waals surface area contributed by atoms with E-state index in [1.807, 2.05) is 30.4 Å². The summed E-state index contributed by atoms with van der Waals surface area (Å²) in [4.78, 5) is 23.4. The van der Waals surface area contributed by atoms with Crippen LogP contribution in [0.5, 0.6) is 0 Å². The molecule has 29 heavy (non-hydrogen) atoms. The Labute approximate surface area is 174 Å². The molecule has 0 aliphatic heterocycles. The lowest BCUT2D eigenvalue weighted by molar-refractivity contribution is -0.140. The van der Waals surface area contributed by atoms with Crippen molar-refractivity contribution in [2.75, 3.05) is 7.11 Å². The third-order valence-corrected chi connectivity index (χ3v) is 6.59. The Bertz CT molecular complexity index is 617. The lowest BCUT2D eigenvalue weighted by Gasteiger charge is -2.45. The number of rotatable bonds is 12. The average molecular weight is 405 g/mol. The van der Waals surface area contributed by atoms with Crippen molar-refractivity contribution in [3.63, 3.8) is 0 Å². The van der Waals surface area contributed by atoms with Crippen molar-refractivity contribution in [1.82, 2.24) is 0 Å². The van der Waals surface area contributed by atoms with Crippen LogP contribution in [0.2, 0.25) is 0 Å². The van der Waals surface area contributed by atoms with E-state index >= 15 is 0 Å². The third kappa shape index (κ3) is 6.38. The predicted octanol–water partition coefficient (Wildman–Crippen LogP) is 3.90. The van der Waals surface area contributed by atoms with Crippen LogP contribution >= 0.6 is 0 Å². The molecule has 0 bridgehead atoms. The maximum Gasteiger partial charge on any atom is 0.305 e. The fourth-order valence-electron chi connectivity index (χ4n) is 4.56. The Kier molecular flexibility index (Phi) is 9.31. The lowest BCUT2D eigenvalue weighted by Crippen LogP contribution is -2.40. The van der Waals surface area contributed by atoms with E-state index in [4.69, 9.17) is 0 Å². The van der Waals surface area contributed by atoms with Gasteiger partial charge in [-0.15, -0.1) is 6.58 Å². The first-order valence-corrected chi connectivity index (χ1v) is 10.8. The Morgan fingerprint density at radius 3 is 2.72 bits per heavy atom. The van der Waals surface area contributed by atoms with E-state index in [0.29, 0.717) is 19.3 Å². The first-order valence-electron chi connectivity index (χ1n) is 10.8. The number of aliphatic hydroxyl groups excluding tert-OH is 2. The zero-order valence-electron chi connectivity index (χ0n) is 17.6. The molecular weight excluding hydrogens is 368 g/mol. The average Bonchev–Trinajstić information content (AvgIpc) is 2.93. The molecule has 4 atom stereocenters. The van der Waals surface area contributed by atoms with Crippen molar-refractivity contribution in [2.45, 2.75) is 76.4 Å². The largest absolute Gasteiger partial charge is 0.469 e. The summed E-state index contributed by atoms with van der Waals surface area (Å²) in [5, 5.41) is 20.9. The molecule has 0 heterocycles. The molecule has 2 aliphatic rings. The molecule has 0 amide bonds. The van der Waals surface area contributed by atoms with Gasteiger partial charge in [0.15, 0.2) is 0 Å². The van der Waals surface area contributed by atoms with Gasteiger partial charge < -0.3 is 14.9 Å². The van der Waals surface area contributed by atoms with Crippen molar-refractivity contribution >= 4 is 11.8 Å². The predicted molar refractivity (Wildman–Crippen MR) is 113 cm³/mol. The molecular formula is C24H36O5. The number of ether oxygens (including phenoxy) is 1. The maximum atomic E-state index is 12.3. The highest BCUT2D eigenvalue weighted by Gasteiger charge is 2.42. The van der Waals surface area contributed by atoms with Gasteiger partial charge in [0.1, 0.15) is 5.78 Å². The van der Waals surface area contributed by atoms with Crippen LogP contribution in [-0.2, 0) is 14.3 Å². The summed E-state index contributed by atoms with van der Waals surface area (Å²) < 4.78 is 4.61. The summed E-state index contributed by atoms with van der Waals surface area (Å²) in [6, 6.07) is 0. The Morgan fingerprint density at radius 2 is 2.10 bits per heavy atom. The van der Waals surface area contributed by atoms with Crippen molar-refractivity contribution in [3.8, 4) is 0 Å². The Morgan fingerprint density at radius 1 is 1.34 bits per heavy atom. The number of methoxy groups -OCH3 is 1. The van der Waals surface area contributed by atoms with E-state index in [9.17, 15) is 19.8 Å². The number of Topliss-reactive ketones (excluding diaryl/α,β-unsaturated/α-hetero) is 1. The molecule has 5 heteroatoms. The minimum Gasteiger partial charge on any atom is -0.469 e. The van der Waals surface area contributed by atoms with Crippen LogP contribution < -0.4 is 0 Å². The number of allylic oxidation sites excluding steroid dienone is 3. The number of hydrogen-bond donors (Lipinski definition) is 2. The van der Waals surface area contributed by atoms with E-state index in [2.05, 4.69) is 11.3 Å². The van der Waals surface area contributed by atoms with Crippen LogP contribution in [0, 0.1) is 17.3 Å². The number of carbonyl (C=O) groups excluding carboxylic acids is 2. The minimum absolute atomic E-state index is 0.0391. The van der Waals surface area contributed by atoms with Gasteiger partial charge in [-0.1, -0.05) is 36.8 Å². The number of hydrogen-bond acceptors (Lipinski definition) is 5. The van der Waals surface area contributed by atoms with Crippen LogP contribution in [0.3, 0.4) is 0 Å². The third-order valence-electron chi connectivity index (χ3n) is 6.59. The first kappa shape index (κ1) is 23.6. The molecule has 0 aromatic rings. The van der Waals surface area contributed by atoms with Gasteiger partial charge in [0, 0.05) is 30.1 Å². The molecule has 2 fully saturated rings. The fourth-order valence-corrected chi connectivity index (χ4v) is 4.56. The minimum atomic E-state index is -0.653. The standard InChI is InChI=1S/C24H36O5/c1-3-14-24(15-9-16-24)22(27)12-8-11-19-18(20(25)17-21(19)26)10-6-4-5-7-13-23(28)29-2/h3-4,6,8,11,18-19,21-22,26-27H,1,5,7,9-10,12-17H2,2H3/t18-,19-,21-,22?/m1/s1. The summed E-state index contributed by atoms with van der Waals surface area (Å²) in [5.74, 6) is -0.544. The number of aliphatic hydroxyl groups is 2. The van der Waals surface area contributed by atoms with Gasteiger partial charge >= 0.3 is 5.97 Å². The van der Waals surface area contributed by atoms with Crippen molar-refractivity contribution in [3.05, 3.63) is 37.0 Å². The number of ketones is 1. The monoisotopic (exact) mass is 404 g/mol. The van der Waals surface area contributed by atoms with Crippen LogP contribution in [0.15, 0.2) is 37.0 Å². The second-order valence-electron chi connectivity index (χ2n) is 8.49. The molecule has 2 rings (SSSR count). The summed E-state index contributed by atoms with van der Waals surface area (Å²) in [6.07, 6.45) is 15.9. The SMILES string of the molecule is C=CCC1(C(O)CC=C[C@H]2[C@H](O)CC(=O)[C@@H]2CC=CCCCC(=O)OC)CCC1. The fraction of sp³-hybridized carbons (Fsp3) is 0.667. The maximum absolute atomic E-state index is 12.3. The molecule has 0 aromatic carbocycles. The van der Waals surface area contributed by atoms with E-state index in [1.165, 1.54) is 7.11 Å². The molecule has 2 aliphatic carbocycles. The van der Waals surface area contributed by atoms with E-state index in [0.717, 1.165) is 38.5 Å². The topological polar surface area (TPSA) is 83.8 Å². The smallest absolute Gasteiger partial charge is 0.305 e. The molecule has 0 spiro atoms. The Balaban J connectivity index is 1.84. The zero-order chi connectivity index (χ0) is 21.3. The second kappa shape index (κ2) is 11.5. The summed E-state index contributed by atoms with van der Waals surface area (Å²) >= 11 is 0. The van der Waals surface area contributed by atoms with Crippen molar-refractivity contribution in [2.24, 2.45) is 17.3 Å². The number of esters is 1. The molecule has 2 N–H and O–H groups in total. The van der Waals surface area contributed by atoms with Gasteiger partial charge in [0.25, 0.3) is 0 Å². The Hall–Kier alpha value is -1.72. The van der Waals surface area contributed by atoms with Gasteiger partial charge in [-0.05, 0) is 44.9 Å². The molecule has 0 radical (unpaired) electrons. The zero-order valence-corrected chi connectivity index (χ0v) is 17.6. The highest BCUT2D eigenvalue weighted by molar-refractivity contribution is 5.84. The highest BCUT2D eigenvalue weighted by atomic mass is 16.5. The highest BCUT2D eigenvalue weighted by Crippen LogP contribution is 2.48. The molecule has 2 saturated carbocycles. The van der Waals surface area contributed by atoms with Crippen LogP contribution in [0.25, 0.3) is 0 Å². The summed E-state index contributed by atoms with van der Waals surface area (Å²) in [5.41, 5.74) is -0.0391. The van der Waals surface area contributed by atoms with Gasteiger partial charge in [-0.2, -0.15) is 0 Å². The van der Waals surface area contributed by atoms with Gasteiger partial charge in [-0.25, -0.2) is 0 Å². The summed E-state index contributed by atoms with van der Waals surface area (Å²) in [6.45, 7) is 3.81. The van der Waals surface area contributed by atoms with Crippen LogP contribution in [0.1, 0.15) is 64.2 Å². The van der Waals surface area contributed by atoms with Gasteiger partial charge in [0.2, 0.25) is 0 Å². The normalized spacial score (nSPS) is 27.3. The molecule has 0 aromatic heterocycles. The van der Waals surface area contributed by atoms with Crippen LogP contribution in [-0.4, -0.2) is 41.3 Å². The molecule has 5 nitrogen and oxygen atoms in total. The second-order valence-corrected chi connectivity index (χ2v) is 8.49. The van der Waals surface area contributed by atoms with Gasteiger partial charge in [-0.3, -0.25) is 9.59 Å².